The molecule has 2 N–H and O–H groups in total. The molecule has 1 rings (SSSR count). The van der Waals surface area contributed by atoms with Gasteiger partial charge in [-0.25, -0.2) is 4.99 Å². The summed E-state index contributed by atoms with van der Waals surface area (Å²) in [7, 11) is 5.12. The SMILES string of the molecule is CCc1ccccc1CN=C(NCCOC)NCC(=O)N(C)C. The van der Waals surface area contributed by atoms with Gasteiger partial charge in [-0.1, -0.05) is 31.2 Å². The molecule has 0 aliphatic rings. The van der Waals surface area contributed by atoms with Gasteiger partial charge in [-0.2, -0.15) is 0 Å². The number of ether oxygens (including phenoxy) is 1. The molecule has 0 heterocycles. The van der Waals surface area contributed by atoms with Crippen molar-refractivity contribution in [2.24, 2.45) is 4.99 Å². The van der Waals surface area contributed by atoms with Crippen LogP contribution in [0.15, 0.2) is 29.3 Å². The highest BCUT2D eigenvalue weighted by Gasteiger charge is 2.06. The molecule has 0 saturated carbocycles. The zero-order valence-corrected chi connectivity index (χ0v) is 14.6. The second-order valence-corrected chi connectivity index (χ2v) is 5.35. The first kappa shape index (κ1) is 19.0. The van der Waals surface area contributed by atoms with Gasteiger partial charge in [0.15, 0.2) is 5.96 Å². The van der Waals surface area contributed by atoms with Gasteiger partial charge in [0.05, 0.1) is 19.7 Å². The number of rotatable bonds is 8. The first-order valence-corrected chi connectivity index (χ1v) is 7.86. The van der Waals surface area contributed by atoms with Crippen LogP contribution < -0.4 is 10.6 Å². The standard InChI is InChI=1S/C17H28N4O2/c1-5-14-8-6-7-9-15(14)12-19-17(18-10-11-23-4)20-13-16(22)21(2)3/h6-9H,5,10-13H2,1-4H3,(H2,18,19,20). The molecule has 0 radical (unpaired) electrons. The van der Waals surface area contributed by atoms with Crippen LogP contribution in [0.1, 0.15) is 18.1 Å². The number of hydrogen-bond acceptors (Lipinski definition) is 3. The van der Waals surface area contributed by atoms with E-state index < -0.39 is 0 Å². The highest BCUT2D eigenvalue weighted by Crippen LogP contribution is 2.10. The molecule has 6 heteroatoms. The molecule has 23 heavy (non-hydrogen) atoms. The van der Waals surface area contributed by atoms with Crippen molar-refractivity contribution < 1.29 is 9.53 Å². The summed E-state index contributed by atoms with van der Waals surface area (Å²) >= 11 is 0. The number of carbonyl (C=O) groups excluding carboxylic acids is 1. The fourth-order valence-electron chi connectivity index (χ4n) is 1.98. The Morgan fingerprint density at radius 1 is 1.22 bits per heavy atom. The predicted octanol–water partition coefficient (Wildman–Crippen LogP) is 1.02. The molecule has 0 atom stereocenters. The Morgan fingerprint density at radius 3 is 2.52 bits per heavy atom. The number of nitrogens with one attached hydrogen (secondary N) is 2. The maximum absolute atomic E-state index is 11.7. The highest BCUT2D eigenvalue weighted by molar-refractivity contribution is 5.86. The van der Waals surface area contributed by atoms with Crippen LogP contribution in [0.3, 0.4) is 0 Å². The lowest BCUT2D eigenvalue weighted by Crippen LogP contribution is -2.43. The number of likely N-dealkylation sites (N-methyl/N-ethyl adjacent to an activating group) is 1. The number of carbonyl (C=O) groups is 1. The highest BCUT2D eigenvalue weighted by atomic mass is 16.5. The van der Waals surface area contributed by atoms with E-state index in [-0.39, 0.29) is 12.5 Å². The van der Waals surface area contributed by atoms with Crippen molar-refractivity contribution in [1.29, 1.82) is 0 Å². The Hall–Kier alpha value is -2.08. The van der Waals surface area contributed by atoms with E-state index in [1.165, 1.54) is 11.1 Å². The molecule has 0 aromatic heterocycles. The molecule has 0 spiro atoms. The number of hydrogen-bond donors (Lipinski definition) is 2. The lowest BCUT2D eigenvalue weighted by atomic mass is 10.1. The lowest BCUT2D eigenvalue weighted by Gasteiger charge is -2.15. The van der Waals surface area contributed by atoms with Crippen LogP contribution in [-0.4, -0.2) is 57.7 Å². The maximum Gasteiger partial charge on any atom is 0.241 e. The van der Waals surface area contributed by atoms with Gasteiger partial charge in [-0.15, -0.1) is 0 Å². The second-order valence-electron chi connectivity index (χ2n) is 5.35. The molecular formula is C17H28N4O2. The fraction of sp³-hybridized carbons (Fsp3) is 0.529. The molecule has 6 nitrogen and oxygen atoms in total. The first-order valence-electron chi connectivity index (χ1n) is 7.86. The average Bonchev–Trinajstić information content (AvgIpc) is 2.56. The van der Waals surface area contributed by atoms with Crippen LogP contribution in [-0.2, 0) is 22.5 Å². The van der Waals surface area contributed by atoms with Gasteiger partial charge >= 0.3 is 0 Å². The minimum absolute atomic E-state index is 0.000185. The van der Waals surface area contributed by atoms with Crippen molar-refractivity contribution in [1.82, 2.24) is 15.5 Å². The largest absolute Gasteiger partial charge is 0.383 e. The number of aliphatic imine (C=N–C) groups is 1. The quantitative estimate of drug-likeness (QED) is 0.426. The minimum atomic E-state index is 0.000185. The van der Waals surface area contributed by atoms with Gasteiger partial charge in [0.1, 0.15) is 0 Å². The summed E-state index contributed by atoms with van der Waals surface area (Å²) in [6, 6.07) is 8.26. The van der Waals surface area contributed by atoms with Crippen LogP contribution in [0.5, 0.6) is 0 Å². The normalized spacial score (nSPS) is 11.2. The number of guanidine groups is 1. The van der Waals surface area contributed by atoms with Gasteiger partial charge in [-0.3, -0.25) is 4.79 Å². The van der Waals surface area contributed by atoms with Crippen molar-refractivity contribution in [3.05, 3.63) is 35.4 Å². The monoisotopic (exact) mass is 320 g/mol. The fourth-order valence-corrected chi connectivity index (χ4v) is 1.98. The summed E-state index contributed by atoms with van der Waals surface area (Å²) in [4.78, 5) is 17.8. The molecule has 0 bridgehead atoms. The Labute approximate surface area is 138 Å². The van der Waals surface area contributed by atoms with Crippen LogP contribution in [0.2, 0.25) is 0 Å². The van der Waals surface area contributed by atoms with Crippen molar-refractivity contribution in [2.45, 2.75) is 19.9 Å². The van der Waals surface area contributed by atoms with Crippen LogP contribution >= 0.6 is 0 Å². The van der Waals surface area contributed by atoms with E-state index in [0.29, 0.717) is 25.7 Å². The number of nitrogens with zero attached hydrogens (tertiary/aromatic N) is 2. The number of methoxy groups -OCH3 is 1. The van der Waals surface area contributed by atoms with Crippen molar-refractivity contribution in [2.75, 3.05) is 40.9 Å². The number of benzene rings is 1. The van der Waals surface area contributed by atoms with Crippen molar-refractivity contribution in [3.8, 4) is 0 Å². The Morgan fingerprint density at radius 2 is 1.91 bits per heavy atom. The molecule has 128 valence electrons. The van der Waals surface area contributed by atoms with Gasteiger partial charge in [0, 0.05) is 27.7 Å². The van der Waals surface area contributed by atoms with E-state index in [1.54, 1.807) is 26.1 Å². The molecule has 1 aromatic rings. The molecule has 0 fully saturated rings. The van der Waals surface area contributed by atoms with Crippen molar-refractivity contribution >= 4 is 11.9 Å². The van der Waals surface area contributed by atoms with Gasteiger partial charge < -0.3 is 20.3 Å². The summed E-state index contributed by atoms with van der Waals surface area (Å²) < 4.78 is 5.03. The van der Waals surface area contributed by atoms with E-state index in [9.17, 15) is 4.79 Å². The van der Waals surface area contributed by atoms with E-state index in [1.807, 2.05) is 12.1 Å². The zero-order valence-electron chi connectivity index (χ0n) is 14.6. The average molecular weight is 320 g/mol. The topological polar surface area (TPSA) is 66.0 Å². The zero-order chi connectivity index (χ0) is 17.1. The molecule has 0 saturated heterocycles. The molecule has 1 aromatic carbocycles. The molecule has 1 amide bonds. The Balaban J connectivity index is 2.70. The van der Waals surface area contributed by atoms with Gasteiger partial charge in [0.2, 0.25) is 5.91 Å². The lowest BCUT2D eigenvalue weighted by molar-refractivity contribution is -0.127. The summed E-state index contributed by atoms with van der Waals surface area (Å²) in [5, 5.41) is 6.23. The molecule has 0 aliphatic heterocycles. The number of aryl methyl sites for hydroxylation is 1. The van der Waals surface area contributed by atoms with E-state index >= 15 is 0 Å². The molecular weight excluding hydrogens is 292 g/mol. The summed E-state index contributed by atoms with van der Waals surface area (Å²) in [5.74, 6) is 0.614. The Kier molecular flexibility index (Phi) is 8.75. The smallest absolute Gasteiger partial charge is 0.241 e. The third-order valence-electron chi connectivity index (χ3n) is 3.41. The van der Waals surface area contributed by atoms with Crippen LogP contribution in [0.25, 0.3) is 0 Å². The second kappa shape index (κ2) is 10.6. The predicted molar refractivity (Wildman–Crippen MR) is 93.5 cm³/mol. The van der Waals surface area contributed by atoms with E-state index in [4.69, 9.17) is 4.74 Å². The third-order valence-corrected chi connectivity index (χ3v) is 3.41. The van der Waals surface area contributed by atoms with Crippen molar-refractivity contribution in [3.63, 3.8) is 0 Å². The minimum Gasteiger partial charge on any atom is -0.383 e. The van der Waals surface area contributed by atoms with Crippen LogP contribution in [0.4, 0.5) is 0 Å². The maximum atomic E-state index is 11.7. The van der Waals surface area contributed by atoms with Gasteiger partial charge in [-0.05, 0) is 17.5 Å². The van der Waals surface area contributed by atoms with Crippen LogP contribution in [0, 0.1) is 0 Å². The third kappa shape index (κ3) is 7.15. The summed E-state index contributed by atoms with van der Waals surface area (Å²) in [5.41, 5.74) is 2.48. The molecule has 0 unspecified atom stereocenters. The van der Waals surface area contributed by atoms with Gasteiger partial charge in [0.25, 0.3) is 0 Å². The Bertz CT molecular complexity index is 515. The number of amides is 1. The summed E-state index contributed by atoms with van der Waals surface area (Å²) in [6.45, 7) is 4.12. The molecule has 0 aliphatic carbocycles. The van der Waals surface area contributed by atoms with E-state index in [0.717, 1.165) is 6.42 Å². The van der Waals surface area contributed by atoms with E-state index in [2.05, 4.69) is 34.7 Å². The first-order chi connectivity index (χ1) is 11.1. The summed E-state index contributed by atoms with van der Waals surface area (Å²) in [6.07, 6.45) is 0.977.